The molecule has 0 saturated carbocycles. The maximum Gasteiger partial charge on any atom is 0.324 e. The lowest BCUT2D eigenvalue weighted by Gasteiger charge is -2.00. The molecule has 1 aliphatic heterocycles. The Balaban J connectivity index is 2.32. The number of hydrogen-bond donors (Lipinski definition) is 0. The molecule has 1 aromatic rings. The Labute approximate surface area is 74.5 Å². The third kappa shape index (κ3) is 1.24. The first-order valence-electron chi connectivity index (χ1n) is 3.97. The van der Waals surface area contributed by atoms with E-state index in [9.17, 15) is 9.59 Å². The first kappa shape index (κ1) is 8.04. The second-order valence-electron chi connectivity index (χ2n) is 3.02. The Hall–Kier alpha value is -1.58. The van der Waals surface area contributed by atoms with Gasteiger partial charge in [0, 0.05) is 0 Å². The molecule has 1 fully saturated rings. The van der Waals surface area contributed by atoms with Crippen molar-refractivity contribution in [3.8, 4) is 0 Å². The van der Waals surface area contributed by atoms with Crippen LogP contribution in [0.4, 0.5) is 0 Å². The summed E-state index contributed by atoms with van der Waals surface area (Å²) < 4.78 is 9.53. The van der Waals surface area contributed by atoms with Gasteiger partial charge in [-0.05, 0) is 18.6 Å². The zero-order valence-corrected chi connectivity index (χ0v) is 7.07. The summed E-state index contributed by atoms with van der Waals surface area (Å²) in [6.45, 7) is 1.83. The lowest BCUT2D eigenvalue weighted by molar-refractivity contribution is -0.152. The highest BCUT2D eigenvalue weighted by molar-refractivity contribution is 5.97. The molecule has 0 aliphatic carbocycles. The third-order valence-electron chi connectivity index (χ3n) is 2.09. The Bertz CT molecular complexity index is 363. The zero-order chi connectivity index (χ0) is 9.42. The van der Waals surface area contributed by atoms with Crippen LogP contribution in [0.5, 0.6) is 0 Å². The Kier molecular flexibility index (Phi) is 1.69. The fourth-order valence-corrected chi connectivity index (χ4v) is 1.42. The van der Waals surface area contributed by atoms with Gasteiger partial charge < -0.3 is 9.15 Å². The molecule has 0 amide bonds. The molecular weight excluding hydrogens is 172 g/mol. The first-order chi connectivity index (χ1) is 6.18. The minimum Gasteiger partial charge on any atom is -0.468 e. The van der Waals surface area contributed by atoms with E-state index < -0.39 is 17.9 Å². The fourth-order valence-electron chi connectivity index (χ4n) is 1.42. The van der Waals surface area contributed by atoms with Crippen molar-refractivity contribution in [3.05, 3.63) is 23.7 Å². The molecule has 0 spiro atoms. The molecule has 1 aliphatic rings. The minimum atomic E-state index is -0.539. The van der Waals surface area contributed by atoms with Crippen molar-refractivity contribution in [2.75, 3.05) is 0 Å². The van der Waals surface area contributed by atoms with Gasteiger partial charge in [-0.3, -0.25) is 9.59 Å². The van der Waals surface area contributed by atoms with Gasteiger partial charge in [-0.1, -0.05) is 0 Å². The topological polar surface area (TPSA) is 56.5 Å². The number of ether oxygens (including phenoxy) is 1. The van der Waals surface area contributed by atoms with Crippen molar-refractivity contribution < 1.29 is 18.7 Å². The van der Waals surface area contributed by atoms with Gasteiger partial charge in [0.15, 0.2) is 0 Å². The molecule has 13 heavy (non-hydrogen) atoms. The van der Waals surface area contributed by atoms with Gasteiger partial charge in [0.1, 0.15) is 11.7 Å². The predicted octanol–water partition coefficient (Wildman–Crippen LogP) is 1.15. The average Bonchev–Trinajstić information content (AvgIpc) is 2.58. The second-order valence-corrected chi connectivity index (χ2v) is 3.02. The van der Waals surface area contributed by atoms with Crippen LogP contribution < -0.4 is 0 Å². The number of rotatable bonds is 1. The highest BCUT2D eigenvalue weighted by Crippen LogP contribution is 2.29. The number of furan rings is 1. The highest BCUT2D eigenvalue weighted by atomic mass is 16.6. The largest absolute Gasteiger partial charge is 0.468 e. The van der Waals surface area contributed by atoms with Gasteiger partial charge in [0.2, 0.25) is 0 Å². The van der Waals surface area contributed by atoms with Crippen LogP contribution in [0.1, 0.15) is 23.7 Å². The van der Waals surface area contributed by atoms with Crippen molar-refractivity contribution in [1.82, 2.24) is 0 Å². The number of esters is 2. The van der Waals surface area contributed by atoms with Crippen LogP contribution in [0.25, 0.3) is 0 Å². The average molecular weight is 180 g/mol. The summed E-state index contributed by atoms with van der Waals surface area (Å²) in [5.74, 6) is -0.993. The predicted molar refractivity (Wildman–Crippen MR) is 41.9 cm³/mol. The molecule has 1 aromatic heterocycles. The number of carbonyl (C=O) groups excluding carboxylic acids is 2. The van der Waals surface area contributed by atoms with Crippen molar-refractivity contribution in [2.24, 2.45) is 0 Å². The van der Waals surface area contributed by atoms with Crippen LogP contribution in [0.15, 0.2) is 16.7 Å². The number of cyclic esters (lactones) is 2. The van der Waals surface area contributed by atoms with Gasteiger partial charge in [0.25, 0.3) is 0 Å². The Morgan fingerprint density at radius 3 is 2.69 bits per heavy atom. The summed E-state index contributed by atoms with van der Waals surface area (Å²) in [7, 11) is 0. The van der Waals surface area contributed by atoms with E-state index in [0.29, 0.717) is 5.76 Å². The minimum absolute atomic E-state index is 0.0905. The smallest absolute Gasteiger partial charge is 0.324 e. The van der Waals surface area contributed by atoms with Crippen LogP contribution in [-0.4, -0.2) is 11.9 Å². The summed E-state index contributed by atoms with van der Waals surface area (Å²) in [5.41, 5.74) is 0.872. The molecule has 1 atom stereocenters. The van der Waals surface area contributed by atoms with Crippen LogP contribution in [0.2, 0.25) is 0 Å². The van der Waals surface area contributed by atoms with Crippen LogP contribution in [-0.2, 0) is 14.3 Å². The molecule has 1 saturated heterocycles. The summed E-state index contributed by atoms with van der Waals surface area (Å²) in [6.07, 6.45) is 1.59. The fraction of sp³-hybridized carbons (Fsp3) is 0.333. The van der Waals surface area contributed by atoms with E-state index in [1.807, 2.05) is 6.92 Å². The molecule has 0 aromatic carbocycles. The standard InChI is InChI=1S/C9H8O4/c1-5-2-3-12-8(5)6-4-7(10)13-9(6)11/h2-3,6H,4H2,1H3. The van der Waals surface area contributed by atoms with Gasteiger partial charge in [0.05, 0.1) is 12.7 Å². The molecular formula is C9H8O4. The van der Waals surface area contributed by atoms with E-state index in [0.717, 1.165) is 5.56 Å². The van der Waals surface area contributed by atoms with Crippen molar-refractivity contribution >= 4 is 11.9 Å². The molecule has 68 valence electrons. The van der Waals surface area contributed by atoms with E-state index in [4.69, 9.17) is 4.42 Å². The van der Waals surface area contributed by atoms with Gasteiger partial charge in [-0.15, -0.1) is 0 Å². The van der Waals surface area contributed by atoms with Gasteiger partial charge in [-0.2, -0.15) is 0 Å². The van der Waals surface area contributed by atoms with E-state index in [2.05, 4.69) is 4.74 Å². The summed E-state index contributed by atoms with van der Waals surface area (Å²) in [5, 5.41) is 0. The summed E-state index contributed by atoms with van der Waals surface area (Å²) in [6, 6.07) is 1.76. The number of hydrogen-bond acceptors (Lipinski definition) is 4. The Morgan fingerprint density at radius 1 is 1.46 bits per heavy atom. The van der Waals surface area contributed by atoms with E-state index in [1.54, 1.807) is 6.07 Å². The molecule has 2 heterocycles. The first-order valence-corrected chi connectivity index (χ1v) is 3.97. The quantitative estimate of drug-likeness (QED) is 0.480. The van der Waals surface area contributed by atoms with Gasteiger partial charge >= 0.3 is 11.9 Å². The van der Waals surface area contributed by atoms with Crippen molar-refractivity contribution in [1.29, 1.82) is 0 Å². The lowest BCUT2D eigenvalue weighted by atomic mass is 10.0. The normalized spacial score (nSPS) is 22.1. The van der Waals surface area contributed by atoms with E-state index >= 15 is 0 Å². The molecule has 4 heteroatoms. The molecule has 2 rings (SSSR count). The molecule has 4 nitrogen and oxygen atoms in total. The molecule has 0 N–H and O–H groups in total. The lowest BCUT2D eigenvalue weighted by Crippen LogP contribution is -2.05. The second kappa shape index (κ2) is 2.73. The summed E-state index contributed by atoms with van der Waals surface area (Å²) in [4.78, 5) is 21.9. The van der Waals surface area contributed by atoms with Crippen LogP contribution >= 0.6 is 0 Å². The van der Waals surface area contributed by atoms with E-state index in [1.165, 1.54) is 6.26 Å². The molecule has 0 radical (unpaired) electrons. The van der Waals surface area contributed by atoms with E-state index in [-0.39, 0.29) is 6.42 Å². The van der Waals surface area contributed by atoms with Crippen molar-refractivity contribution in [3.63, 3.8) is 0 Å². The summed E-state index contributed by atoms with van der Waals surface area (Å²) >= 11 is 0. The van der Waals surface area contributed by atoms with Crippen LogP contribution in [0.3, 0.4) is 0 Å². The maximum absolute atomic E-state index is 11.1. The number of carbonyl (C=O) groups is 2. The Morgan fingerprint density at radius 2 is 2.23 bits per heavy atom. The molecule has 1 unspecified atom stereocenters. The SMILES string of the molecule is Cc1ccoc1C1CC(=O)OC1=O. The maximum atomic E-state index is 11.1. The van der Waals surface area contributed by atoms with Gasteiger partial charge in [-0.25, -0.2) is 0 Å². The van der Waals surface area contributed by atoms with Crippen LogP contribution in [0, 0.1) is 6.92 Å². The zero-order valence-electron chi connectivity index (χ0n) is 7.07. The number of aryl methyl sites for hydroxylation is 1. The monoisotopic (exact) mass is 180 g/mol. The molecule has 0 bridgehead atoms. The third-order valence-corrected chi connectivity index (χ3v) is 2.09. The highest BCUT2D eigenvalue weighted by Gasteiger charge is 2.37. The van der Waals surface area contributed by atoms with Crippen molar-refractivity contribution in [2.45, 2.75) is 19.3 Å².